The highest BCUT2D eigenvalue weighted by molar-refractivity contribution is 5.31. The van der Waals surface area contributed by atoms with E-state index in [4.69, 9.17) is 0 Å². The highest BCUT2D eigenvalue weighted by atomic mass is 15.3. The van der Waals surface area contributed by atoms with Crippen LogP contribution in [0.1, 0.15) is 44.5 Å². The fraction of sp³-hybridized carbons (Fsp3) is 0.500. The van der Waals surface area contributed by atoms with E-state index >= 15 is 0 Å². The second-order valence-corrected chi connectivity index (χ2v) is 6.24. The molecule has 0 atom stereocenters. The third-order valence-electron chi connectivity index (χ3n) is 3.06. The molecule has 0 saturated carbocycles. The molecule has 20 heavy (non-hydrogen) atoms. The van der Waals surface area contributed by atoms with Crippen LogP contribution in [-0.2, 0) is 13.0 Å². The maximum absolute atomic E-state index is 4.65. The monoisotopic (exact) mass is 272 g/mol. The first kappa shape index (κ1) is 14.7. The fourth-order valence-corrected chi connectivity index (χ4v) is 1.94. The fourth-order valence-electron chi connectivity index (χ4n) is 1.94. The average molecular weight is 272 g/mol. The minimum absolute atomic E-state index is 0.109. The topological polar surface area (TPSA) is 42.7 Å². The van der Waals surface area contributed by atoms with E-state index in [0.29, 0.717) is 0 Å². The molecule has 0 spiro atoms. The number of aryl methyl sites for hydroxylation is 2. The van der Waals surface area contributed by atoms with Gasteiger partial charge in [-0.15, -0.1) is 0 Å². The molecule has 0 radical (unpaired) electrons. The summed E-state index contributed by atoms with van der Waals surface area (Å²) >= 11 is 0. The standard InChI is InChI=1S/C16H24N4/c1-6-14-7-13(10-17-16(3,4)5)8-15(19-14)20-11-12(2)9-18-20/h7-9,11,17H,6,10H2,1-5H3. The van der Waals surface area contributed by atoms with Crippen molar-refractivity contribution in [2.75, 3.05) is 0 Å². The number of aromatic nitrogens is 3. The van der Waals surface area contributed by atoms with Gasteiger partial charge in [0.05, 0.1) is 6.20 Å². The molecule has 2 aromatic heterocycles. The zero-order valence-corrected chi connectivity index (χ0v) is 13.1. The Balaban J connectivity index is 2.29. The summed E-state index contributed by atoms with van der Waals surface area (Å²) in [6, 6.07) is 4.27. The maximum Gasteiger partial charge on any atom is 0.153 e. The van der Waals surface area contributed by atoms with Gasteiger partial charge in [0, 0.05) is 24.0 Å². The lowest BCUT2D eigenvalue weighted by molar-refractivity contribution is 0.424. The highest BCUT2D eigenvalue weighted by Gasteiger charge is 2.10. The number of hydrogen-bond acceptors (Lipinski definition) is 3. The molecule has 0 aromatic carbocycles. The van der Waals surface area contributed by atoms with Crippen molar-refractivity contribution in [3.8, 4) is 5.82 Å². The zero-order chi connectivity index (χ0) is 14.8. The van der Waals surface area contributed by atoms with Crippen molar-refractivity contribution in [1.82, 2.24) is 20.1 Å². The van der Waals surface area contributed by atoms with Gasteiger partial charge >= 0.3 is 0 Å². The molecule has 4 nitrogen and oxygen atoms in total. The number of nitrogens with one attached hydrogen (secondary N) is 1. The zero-order valence-electron chi connectivity index (χ0n) is 13.1. The minimum Gasteiger partial charge on any atom is -0.308 e. The lowest BCUT2D eigenvalue weighted by atomic mass is 10.1. The van der Waals surface area contributed by atoms with Gasteiger partial charge in [0.2, 0.25) is 0 Å². The Morgan fingerprint density at radius 2 is 2.00 bits per heavy atom. The summed E-state index contributed by atoms with van der Waals surface area (Å²) in [6.45, 7) is 11.5. The van der Waals surface area contributed by atoms with Crippen LogP contribution < -0.4 is 5.32 Å². The lowest BCUT2D eigenvalue weighted by Crippen LogP contribution is -2.35. The minimum atomic E-state index is 0.109. The van der Waals surface area contributed by atoms with Crippen LogP contribution in [0.15, 0.2) is 24.5 Å². The number of rotatable bonds is 4. The largest absolute Gasteiger partial charge is 0.308 e. The van der Waals surface area contributed by atoms with Gasteiger partial charge in [0.25, 0.3) is 0 Å². The summed E-state index contributed by atoms with van der Waals surface area (Å²) in [4.78, 5) is 4.65. The molecule has 0 saturated heterocycles. The van der Waals surface area contributed by atoms with E-state index in [2.05, 4.69) is 55.2 Å². The smallest absolute Gasteiger partial charge is 0.153 e. The molecular weight excluding hydrogens is 248 g/mol. The van der Waals surface area contributed by atoms with E-state index in [0.717, 1.165) is 30.0 Å². The predicted octanol–water partition coefficient (Wildman–Crippen LogP) is 3.03. The molecule has 1 N–H and O–H groups in total. The summed E-state index contributed by atoms with van der Waals surface area (Å²) in [5.74, 6) is 0.892. The van der Waals surface area contributed by atoms with Crippen molar-refractivity contribution >= 4 is 0 Å². The molecular formula is C16H24N4. The van der Waals surface area contributed by atoms with Gasteiger partial charge in [-0.25, -0.2) is 9.67 Å². The Labute approximate surface area is 121 Å². The second kappa shape index (κ2) is 5.75. The van der Waals surface area contributed by atoms with Crippen LogP contribution in [-0.4, -0.2) is 20.3 Å². The van der Waals surface area contributed by atoms with E-state index in [1.165, 1.54) is 5.56 Å². The van der Waals surface area contributed by atoms with Crippen molar-refractivity contribution < 1.29 is 0 Å². The first-order valence-corrected chi connectivity index (χ1v) is 7.14. The van der Waals surface area contributed by atoms with Gasteiger partial charge < -0.3 is 5.32 Å². The van der Waals surface area contributed by atoms with Gasteiger partial charge in [-0.05, 0) is 57.4 Å². The highest BCUT2D eigenvalue weighted by Crippen LogP contribution is 2.12. The molecule has 0 aliphatic rings. The van der Waals surface area contributed by atoms with Crippen LogP contribution in [0.3, 0.4) is 0 Å². The molecule has 0 fully saturated rings. The number of hydrogen-bond donors (Lipinski definition) is 1. The van der Waals surface area contributed by atoms with E-state index in [-0.39, 0.29) is 5.54 Å². The Morgan fingerprint density at radius 1 is 1.25 bits per heavy atom. The van der Waals surface area contributed by atoms with Gasteiger partial charge in [0.1, 0.15) is 0 Å². The normalized spacial score (nSPS) is 11.8. The molecule has 0 aliphatic heterocycles. The molecule has 108 valence electrons. The number of pyridine rings is 1. The SMILES string of the molecule is CCc1cc(CNC(C)(C)C)cc(-n2cc(C)cn2)n1. The van der Waals surface area contributed by atoms with Crippen molar-refractivity contribution in [3.63, 3.8) is 0 Å². The second-order valence-electron chi connectivity index (χ2n) is 6.24. The average Bonchev–Trinajstić information content (AvgIpc) is 2.82. The quantitative estimate of drug-likeness (QED) is 0.930. The summed E-state index contributed by atoms with van der Waals surface area (Å²) in [5, 5.41) is 7.86. The van der Waals surface area contributed by atoms with Gasteiger partial charge in [-0.2, -0.15) is 5.10 Å². The van der Waals surface area contributed by atoms with Crippen LogP contribution in [0.25, 0.3) is 5.82 Å². The van der Waals surface area contributed by atoms with Crippen LogP contribution in [0.5, 0.6) is 0 Å². The van der Waals surface area contributed by atoms with Gasteiger partial charge in [0.15, 0.2) is 5.82 Å². The Bertz CT molecular complexity index is 578. The molecule has 0 amide bonds. The van der Waals surface area contributed by atoms with Crippen LogP contribution >= 0.6 is 0 Å². The van der Waals surface area contributed by atoms with Crippen molar-refractivity contribution in [2.24, 2.45) is 0 Å². The van der Waals surface area contributed by atoms with Gasteiger partial charge in [-0.3, -0.25) is 0 Å². The van der Waals surface area contributed by atoms with Crippen LogP contribution in [0.2, 0.25) is 0 Å². The molecule has 2 rings (SSSR count). The first-order valence-electron chi connectivity index (χ1n) is 7.14. The van der Waals surface area contributed by atoms with E-state index in [1.807, 2.05) is 24.0 Å². The molecule has 2 heterocycles. The van der Waals surface area contributed by atoms with Crippen molar-refractivity contribution in [3.05, 3.63) is 41.3 Å². The van der Waals surface area contributed by atoms with Crippen molar-refractivity contribution in [2.45, 2.75) is 53.1 Å². The molecule has 0 bridgehead atoms. The van der Waals surface area contributed by atoms with Crippen LogP contribution in [0.4, 0.5) is 0 Å². The summed E-state index contributed by atoms with van der Waals surface area (Å²) < 4.78 is 1.84. The van der Waals surface area contributed by atoms with Crippen LogP contribution in [0, 0.1) is 6.92 Å². The predicted molar refractivity (Wildman–Crippen MR) is 82.1 cm³/mol. The molecule has 4 heteroatoms. The molecule has 2 aromatic rings. The Hall–Kier alpha value is -1.68. The molecule has 0 unspecified atom stereocenters. The maximum atomic E-state index is 4.65. The van der Waals surface area contributed by atoms with E-state index < -0.39 is 0 Å². The third-order valence-corrected chi connectivity index (χ3v) is 3.06. The Kier molecular flexibility index (Phi) is 4.23. The number of nitrogens with zero attached hydrogens (tertiary/aromatic N) is 3. The third kappa shape index (κ3) is 3.90. The van der Waals surface area contributed by atoms with Gasteiger partial charge in [-0.1, -0.05) is 6.92 Å². The van der Waals surface area contributed by atoms with E-state index in [1.54, 1.807) is 0 Å². The van der Waals surface area contributed by atoms with E-state index in [9.17, 15) is 0 Å². The molecule has 0 aliphatic carbocycles. The summed E-state index contributed by atoms with van der Waals surface area (Å²) in [7, 11) is 0. The summed E-state index contributed by atoms with van der Waals surface area (Å²) in [6.07, 6.45) is 4.78. The summed E-state index contributed by atoms with van der Waals surface area (Å²) in [5.41, 5.74) is 3.59. The first-order chi connectivity index (χ1) is 9.37. The lowest BCUT2D eigenvalue weighted by Gasteiger charge is -2.21. The van der Waals surface area contributed by atoms with Crippen molar-refractivity contribution in [1.29, 1.82) is 0 Å². The Morgan fingerprint density at radius 3 is 2.55 bits per heavy atom.